The van der Waals surface area contributed by atoms with Gasteiger partial charge >= 0.3 is 12.4 Å². The second kappa shape index (κ2) is 9.34. The predicted molar refractivity (Wildman–Crippen MR) is 135 cm³/mol. The van der Waals surface area contributed by atoms with Crippen LogP contribution in [0.4, 0.5) is 26.3 Å². The van der Waals surface area contributed by atoms with Crippen molar-refractivity contribution >= 4 is 26.8 Å². The third kappa shape index (κ3) is 4.75. The highest BCUT2D eigenvalue weighted by atomic mass is 79.9. The van der Waals surface area contributed by atoms with Crippen molar-refractivity contribution in [2.24, 2.45) is 11.8 Å². The third-order valence-corrected chi connectivity index (χ3v) is 9.18. The summed E-state index contributed by atoms with van der Waals surface area (Å²) in [5.41, 5.74) is -1.50. The van der Waals surface area contributed by atoms with E-state index in [0.29, 0.717) is 36.0 Å². The quantitative estimate of drug-likeness (QED) is 0.143. The molecule has 38 heavy (non-hydrogen) atoms. The zero-order valence-corrected chi connectivity index (χ0v) is 21.8. The van der Waals surface area contributed by atoms with Gasteiger partial charge in [0.1, 0.15) is 12.6 Å². The minimum atomic E-state index is -4.93. The Kier molecular flexibility index (Phi) is 6.68. The van der Waals surface area contributed by atoms with Crippen LogP contribution in [0.3, 0.4) is 0 Å². The van der Waals surface area contributed by atoms with Crippen molar-refractivity contribution in [3.63, 3.8) is 0 Å². The topological polar surface area (TPSA) is 33.1 Å². The highest BCUT2D eigenvalue weighted by Crippen LogP contribution is 2.52. The summed E-state index contributed by atoms with van der Waals surface area (Å²) >= 11 is 3.58. The third-order valence-electron chi connectivity index (χ3n) is 8.23. The summed E-state index contributed by atoms with van der Waals surface area (Å²) in [5.74, 6) is 0.229. The first-order chi connectivity index (χ1) is 17.7. The number of aliphatic hydroxyl groups is 1. The van der Waals surface area contributed by atoms with Gasteiger partial charge in [-0.25, -0.2) is 0 Å². The zero-order valence-electron chi connectivity index (χ0n) is 20.2. The molecule has 4 heterocycles. The van der Waals surface area contributed by atoms with E-state index >= 15 is 0 Å². The lowest BCUT2D eigenvalue weighted by atomic mass is 9.71. The van der Waals surface area contributed by atoms with Gasteiger partial charge in [-0.15, -0.1) is 6.58 Å². The molecule has 5 atom stereocenters. The largest absolute Gasteiger partial charge is 0.416 e. The molecule has 2 aromatic carbocycles. The van der Waals surface area contributed by atoms with Gasteiger partial charge in [0.25, 0.3) is 0 Å². The normalized spacial score (nSPS) is 27.3. The monoisotopic (exact) mass is 599 g/mol. The maximum atomic E-state index is 13.6. The zero-order chi connectivity index (χ0) is 27.5. The number of rotatable bonds is 5. The van der Waals surface area contributed by atoms with E-state index in [4.69, 9.17) is 0 Å². The Labute approximate surface area is 224 Å². The Morgan fingerprint density at radius 1 is 1.03 bits per heavy atom. The van der Waals surface area contributed by atoms with Crippen molar-refractivity contribution in [3.05, 3.63) is 89.6 Å². The highest BCUT2D eigenvalue weighted by Gasteiger charge is 2.59. The number of piperidine rings is 3. The van der Waals surface area contributed by atoms with Gasteiger partial charge in [0, 0.05) is 41.5 Å². The first-order valence-electron chi connectivity index (χ1n) is 12.3. The fourth-order valence-corrected chi connectivity index (χ4v) is 7.45. The molecule has 6 rings (SSSR count). The molecule has 0 aliphatic carbocycles. The maximum Gasteiger partial charge on any atom is 0.416 e. The van der Waals surface area contributed by atoms with Crippen LogP contribution in [0.1, 0.15) is 35.1 Å². The second-order valence-electron chi connectivity index (χ2n) is 10.4. The smallest absolute Gasteiger partial charge is 0.370 e. The number of benzene rings is 2. The van der Waals surface area contributed by atoms with Crippen LogP contribution >= 0.6 is 15.9 Å². The summed E-state index contributed by atoms with van der Waals surface area (Å²) in [6, 6.07) is 10.2. The average Bonchev–Trinajstić information content (AvgIpc) is 2.87. The summed E-state index contributed by atoms with van der Waals surface area (Å²) in [4.78, 5) is 4.36. The lowest BCUT2D eigenvalue weighted by molar-refractivity contribution is -0.986. The average molecular weight is 600 g/mol. The Morgan fingerprint density at radius 3 is 2.32 bits per heavy atom. The molecule has 3 aromatic rings. The fraction of sp³-hybridized carbons (Fsp3) is 0.393. The van der Waals surface area contributed by atoms with Crippen LogP contribution in [0.15, 0.2) is 67.4 Å². The minimum Gasteiger partial charge on any atom is -0.370 e. The number of alkyl halides is 7. The van der Waals surface area contributed by atoms with E-state index in [0.717, 1.165) is 18.6 Å². The Bertz CT molecular complexity index is 1330. The molecule has 3 unspecified atom stereocenters. The van der Waals surface area contributed by atoms with Crippen molar-refractivity contribution in [3.8, 4) is 0 Å². The molecule has 0 spiro atoms. The molecular formula is C28H26BrF6N2O+. The number of pyridine rings is 1. The van der Waals surface area contributed by atoms with Crippen LogP contribution in [0.2, 0.25) is 0 Å². The molecule has 0 amide bonds. The summed E-state index contributed by atoms with van der Waals surface area (Å²) in [7, 11) is 0. The first kappa shape index (κ1) is 27.1. The molecule has 2 bridgehead atoms. The molecule has 3 fully saturated rings. The van der Waals surface area contributed by atoms with Crippen molar-refractivity contribution in [1.82, 2.24) is 4.98 Å². The molecule has 3 aliphatic heterocycles. The van der Waals surface area contributed by atoms with Gasteiger partial charge in [0.2, 0.25) is 0 Å². The summed E-state index contributed by atoms with van der Waals surface area (Å²) in [6.45, 7) is 4.80. The van der Waals surface area contributed by atoms with Gasteiger partial charge in [0.05, 0.1) is 29.7 Å². The molecule has 3 aliphatic rings. The van der Waals surface area contributed by atoms with E-state index in [1.54, 1.807) is 12.3 Å². The second-order valence-corrected chi connectivity index (χ2v) is 11.7. The molecule has 202 valence electrons. The van der Waals surface area contributed by atoms with Crippen molar-refractivity contribution in [1.29, 1.82) is 0 Å². The number of fused-ring (bicyclic) bond motifs is 4. The van der Waals surface area contributed by atoms with Crippen LogP contribution < -0.4 is 0 Å². The standard InChI is InChI=1S/C28H26BrF6N2O/c1-2-18-16-37(15-17-11-20(27(30,31)32)14-21(12-17)28(33,34)35)10-8-19(18)13-25(37)26(29,38)23-7-9-36-24-6-4-3-5-22(23)24/h2-7,9,11-12,14,18-19,25,38H,1,8,10,13,15-16H2/q+1/t18?,19?,25-,26-,37?/m0/s1. The van der Waals surface area contributed by atoms with E-state index in [1.165, 1.54) is 0 Å². The minimum absolute atomic E-state index is 0.0327. The number of aromatic nitrogens is 1. The van der Waals surface area contributed by atoms with Crippen LogP contribution in [-0.4, -0.2) is 33.7 Å². The van der Waals surface area contributed by atoms with E-state index in [2.05, 4.69) is 27.5 Å². The van der Waals surface area contributed by atoms with Crippen LogP contribution in [0, 0.1) is 11.8 Å². The lowest BCUT2D eigenvalue weighted by Crippen LogP contribution is -2.70. The van der Waals surface area contributed by atoms with E-state index < -0.39 is 34.0 Å². The van der Waals surface area contributed by atoms with Crippen LogP contribution in [-0.2, 0) is 23.4 Å². The number of halogens is 7. The van der Waals surface area contributed by atoms with Crippen molar-refractivity contribution in [2.45, 2.75) is 42.3 Å². The van der Waals surface area contributed by atoms with Gasteiger partial charge < -0.3 is 9.59 Å². The SMILES string of the molecule is C=CC1C[N+]2(Cc3cc(C(F)(F)F)cc(C(F)(F)F)c3)CCC1C[C@H]2[C@](O)(Br)c1ccnc2ccccc12. The molecule has 3 saturated heterocycles. The van der Waals surface area contributed by atoms with Crippen LogP contribution in [0.25, 0.3) is 10.9 Å². The molecule has 0 saturated carbocycles. The van der Waals surface area contributed by atoms with Gasteiger partial charge in [-0.05, 0) is 52.2 Å². The number of para-hydroxylation sites is 1. The predicted octanol–water partition coefficient (Wildman–Crippen LogP) is 7.42. The molecule has 0 radical (unpaired) electrons. The number of quaternary nitrogens is 1. The van der Waals surface area contributed by atoms with Gasteiger partial charge in [-0.3, -0.25) is 4.98 Å². The number of hydrogen-bond acceptors (Lipinski definition) is 2. The van der Waals surface area contributed by atoms with Gasteiger partial charge in [-0.1, -0.05) is 24.3 Å². The van der Waals surface area contributed by atoms with E-state index in [-0.39, 0.29) is 34.5 Å². The summed E-state index contributed by atoms with van der Waals surface area (Å²) in [6.07, 6.45) is -5.20. The molecular weight excluding hydrogens is 574 g/mol. The van der Waals surface area contributed by atoms with Gasteiger partial charge in [-0.2, -0.15) is 26.3 Å². The summed E-state index contributed by atoms with van der Waals surface area (Å²) in [5, 5.41) is 12.8. The molecule has 1 N–H and O–H groups in total. The Balaban J connectivity index is 1.63. The first-order valence-corrected chi connectivity index (χ1v) is 13.1. The molecule has 10 heteroatoms. The summed E-state index contributed by atoms with van der Waals surface area (Å²) < 4.78 is 80.2. The number of hydrogen-bond donors (Lipinski definition) is 1. The highest BCUT2D eigenvalue weighted by molar-refractivity contribution is 9.09. The Hall–Kier alpha value is -2.43. The van der Waals surface area contributed by atoms with E-state index in [9.17, 15) is 31.4 Å². The van der Waals surface area contributed by atoms with Crippen LogP contribution in [0.5, 0.6) is 0 Å². The van der Waals surface area contributed by atoms with Crippen molar-refractivity contribution < 1.29 is 35.9 Å². The fourth-order valence-electron chi connectivity index (χ4n) is 6.48. The lowest BCUT2D eigenvalue weighted by Gasteiger charge is -2.59. The maximum absolute atomic E-state index is 13.6. The number of nitrogens with zero attached hydrogens (tertiary/aromatic N) is 2. The van der Waals surface area contributed by atoms with E-state index in [1.807, 2.05) is 30.3 Å². The molecule has 1 aromatic heterocycles. The van der Waals surface area contributed by atoms with Gasteiger partial charge in [0.15, 0.2) is 4.51 Å². The Morgan fingerprint density at radius 2 is 1.68 bits per heavy atom. The molecule has 3 nitrogen and oxygen atoms in total. The van der Waals surface area contributed by atoms with Crippen molar-refractivity contribution in [2.75, 3.05) is 13.1 Å².